The molecule has 3 heteroatoms. The van der Waals surface area contributed by atoms with Crippen LogP contribution in [-0.2, 0) is 4.74 Å². The SMILES string of the molecule is COC1(N=Nc2ccccc2)CCCCCCC1. The number of rotatable bonds is 3. The Bertz CT molecular complexity index is 367. The van der Waals surface area contributed by atoms with Gasteiger partial charge in [0.05, 0.1) is 5.69 Å². The van der Waals surface area contributed by atoms with Gasteiger partial charge in [0.2, 0.25) is 0 Å². The molecule has 1 aliphatic carbocycles. The Balaban J connectivity index is 2.08. The lowest BCUT2D eigenvalue weighted by molar-refractivity contribution is -0.0288. The summed E-state index contributed by atoms with van der Waals surface area (Å²) in [5, 5.41) is 8.85. The third-order valence-corrected chi connectivity index (χ3v) is 3.62. The predicted octanol–water partition coefficient (Wildman–Crippen LogP) is 4.86. The van der Waals surface area contributed by atoms with Crippen molar-refractivity contribution in [1.29, 1.82) is 0 Å². The van der Waals surface area contributed by atoms with E-state index in [1.807, 2.05) is 30.3 Å². The fourth-order valence-corrected chi connectivity index (χ4v) is 2.45. The summed E-state index contributed by atoms with van der Waals surface area (Å²) in [6, 6.07) is 9.88. The summed E-state index contributed by atoms with van der Waals surface area (Å²) in [6.07, 6.45) is 8.25. The van der Waals surface area contributed by atoms with Crippen molar-refractivity contribution >= 4 is 5.69 Å². The average Bonchev–Trinajstić information content (AvgIpc) is 2.40. The molecule has 2 rings (SSSR count). The highest BCUT2D eigenvalue weighted by Gasteiger charge is 2.29. The first kappa shape index (κ1) is 13.2. The van der Waals surface area contributed by atoms with Crippen LogP contribution in [0.15, 0.2) is 40.6 Å². The number of hydrogen-bond acceptors (Lipinski definition) is 3. The Kier molecular flexibility index (Phi) is 4.88. The van der Waals surface area contributed by atoms with Crippen LogP contribution < -0.4 is 0 Å². The van der Waals surface area contributed by atoms with E-state index < -0.39 is 5.72 Å². The molecule has 3 nitrogen and oxygen atoms in total. The molecule has 0 atom stereocenters. The average molecular weight is 246 g/mol. The second-order valence-corrected chi connectivity index (χ2v) is 4.95. The van der Waals surface area contributed by atoms with E-state index in [9.17, 15) is 0 Å². The molecule has 0 N–H and O–H groups in total. The maximum atomic E-state index is 5.68. The van der Waals surface area contributed by atoms with Crippen molar-refractivity contribution in [2.75, 3.05) is 7.11 Å². The Morgan fingerprint density at radius 2 is 1.56 bits per heavy atom. The van der Waals surface area contributed by atoms with Crippen molar-refractivity contribution in [3.63, 3.8) is 0 Å². The predicted molar refractivity (Wildman–Crippen MR) is 73.0 cm³/mol. The third kappa shape index (κ3) is 3.64. The molecule has 0 bridgehead atoms. The van der Waals surface area contributed by atoms with Gasteiger partial charge < -0.3 is 4.74 Å². The van der Waals surface area contributed by atoms with Crippen molar-refractivity contribution in [1.82, 2.24) is 0 Å². The van der Waals surface area contributed by atoms with Crippen LogP contribution in [0.2, 0.25) is 0 Å². The summed E-state index contributed by atoms with van der Waals surface area (Å²) < 4.78 is 5.68. The molecular weight excluding hydrogens is 224 g/mol. The van der Waals surface area contributed by atoms with Crippen LogP contribution in [0.3, 0.4) is 0 Å². The smallest absolute Gasteiger partial charge is 0.178 e. The first-order valence-electron chi connectivity index (χ1n) is 6.88. The van der Waals surface area contributed by atoms with Crippen molar-refractivity contribution in [3.8, 4) is 0 Å². The van der Waals surface area contributed by atoms with Gasteiger partial charge in [-0.25, -0.2) is 0 Å². The van der Waals surface area contributed by atoms with Gasteiger partial charge >= 0.3 is 0 Å². The van der Waals surface area contributed by atoms with E-state index in [4.69, 9.17) is 4.74 Å². The molecule has 1 aromatic rings. The summed E-state index contributed by atoms with van der Waals surface area (Å²) >= 11 is 0. The minimum absolute atomic E-state index is 0.393. The number of benzene rings is 1. The molecule has 0 amide bonds. The lowest BCUT2D eigenvalue weighted by Crippen LogP contribution is -2.29. The number of nitrogens with zero attached hydrogens (tertiary/aromatic N) is 2. The molecule has 98 valence electrons. The molecular formula is C15H22N2O. The highest BCUT2D eigenvalue weighted by Crippen LogP contribution is 2.31. The molecule has 18 heavy (non-hydrogen) atoms. The van der Waals surface area contributed by atoms with E-state index in [1.54, 1.807) is 7.11 Å². The van der Waals surface area contributed by atoms with Crippen LogP contribution in [-0.4, -0.2) is 12.8 Å². The minimum atomic E-state index is -0.393. The van der Waals surface area contributed by atoms with Crippen molar-refractivity contribution in [2.24, 2.45) is 10.2 Å². The zero-order valence-corrected chi connectivity index (χ0v) is 11.1. The number of methoxy groups -OCH3 is 1. The van der Waals surface area contributed by atoms with E-state index in [1.165, 1.54) is 32.1 Å². The molecule has 0 radical (unpaired) electrons. The fourth-order valence-electron chi connectivity index (χ4n) is 2.45. The molecule has 1 aromatic carbocycles. The first-order valence-corrected chi connectivity index (χ1v) is 6.88. The molecule has 0 aliphatic heterocycles. The summed E-state index contributed by atoms with van der Waals surface area (Å²) in [4.78, 5) is 0. The molecule has 0 unspecified atom stereocenters. The Labute approximate surface area is 109 Å². The van der Waals surface area contributed by atoms with Gasteiger partial charge in [0.25, 0.3) is 0 Å². The maximum absolute atomic E-state index is 5.68. The Morgan fingerprint density at radius 3 is 2.17 bits per heavy atom. The zero-order valence-electron chi connectivity index (χ0n) is 11.1. The monoisotopic (exact) mass is 246 g/mol. The van der Waals surface area contributed by atoms with Gasteiger partial charge in [-0.1, -0.05) is 37.5 Å². The Hall–Kier alpha value is -1.22. The van der Waals surface area contributed by atoms with Crippen LogP contribution in [0.25, 0.3) is 0 Å². The van der Waals surface area contributed by atoms with Gasteiger partial charge in [-0.3, -0.25) is 0 Å². The first-order chi connectivity index (χ1) is 8.85. The highest BCUT2D eigenvalue weighted by molar-refractivity contribution is 5.34. The standard InChI is InChI=1S/C15H22N2O/c1-18-15(12-8-3-2-4-9-13-15)17-16-14-10-6-5-7-11-14/h5-7,10-11H,2-4,8-9,12-13H2,1H3. The van der Waals surface area contributed by atoms with E-state index >= 15 is 0 Å². The van der Waals surface area contributed by atoms with E-state index in [-0.39, 0.29) is 0 Å². The highest BCUT2D eigenvalue weighted by atomic mass is 16.5. The third-order valence-electron chi connectivity index (χ3n) is 3.62. The lowest BCUT2D eigenvalue weighted by Gasteiger charge is -2.28. The van der Waals surface area contributed by atoms with E-state index in [2.05, 4.69) is 10.2 Å². The molecule has 1 aliphatic rings. The van der Waals surface area contributed by atoms with E-state index in [0.29, 0.717) is 0 Å². The molecule has 0 aromatic heterocycles. The van der Waals surface area contributed by atoms with Crippen LogP contribution in [0.1, 0.15) is 44.9 Å². The second-order valence-electron chi connectivity index (χ2n) is 4.95. The molecule has 0 spiro atoms. The van der Waals surface area contributed by atoms with E-state index in [0.717, 1.165) is 18.5 Å². The van der Waals surface area contributed by atoms with Gasteiger partial charge in [0, 0.05) is 7.11 Å². The second kappa shape index (κ2) is 6.64. The summed E-state index contributed by atoms with van der Waals surface area (Å²) in [7, 11) is 1.76. The van der Waals surface area contributed by atoms with Crippen molar-refractivity contribution < 1.29 is 4.74 Å². The lowest BCUT2D eigenvalue weighted by atomic mass is 9.94. The zero-order chi connectivity index (χ0) is 12.7. The van der Waals surface area contributed by atoms with Crippen LogP contribution in [0, 0.1) is 0 Å². The minimum Gasteiger partial charge on any atom is -0.355 e. The summed E-state index contributed by atoms with van der Waals surface area (Å²) in [5.74, 6) is 0. The number of azo groups is 1. The quantitative estimate of drug-likeness (QED) is 0.701. The fraction of sp³-hybridized carbons (Fsp3) is 0.600. The summed E-state index contributed by atoms with van der Waals surface area (Å²) in [6.45, 7) is 0. The Morgan fingerprint density at radius 1 is 0.944 bits per heavy atom. The number of hydrogen-bond donors (Lipinski definition) is 0. The van der Waals surface area contributed by atoms with Gasteiger partial charge in [-0.05, 0) is 37.8 Å². The van der Waals surface area contributed by atoms with Crippen molar-refractivity contribution in [3.05, 3.63) is 30.3 Å². The number of ether oxygens (including phenoxy) is 1. The maximum Gasteiger partial charge on any atom is 0.178 e. The molecule has 0 heterocycles. The largest absolute Gasteiger partial charge is 0.355 e. The van der Waals surface area contributed by atoms with Gasteiger partial charge in [-0.15, -0.1) is 0 Å². The summed E-state index contributed by atoms with van der Waals surface area (Å²) in [5.41, 5.74) is 0.506. The van der Waals surface area contributed by atoms with Gasteiger partial charge in [0.1, 0.15) is 0 Å². The molecule has 1 saturated carbocycles. The molecule has 0 saturated heterocycles. The topological polar surface area (TPSA) is 34.0 Å². The van der Waals surface area contributed by atoms with Gasteiger partial charge in [0.15, 0.2) is 5.72 Å². The molecule has 1 fully saturated rings. The van der Waals surface area contributed by atoms with Crippen LogP contribution in [0.4, 0.5) is 5.69 Å². The van der Waals surface area contributed by atoms with Crippen molar-refractivity contribution in [2.45, 2.75) is 50.7 Å². The van der Waals surface area contributed by atoms with Crippen LogP contribution in [0.5, 0.6) is 0 Å². The normalized spacial score (nSPS) is 20.5. The van der Waals surface area contributed by atoms with Gasteiger partial charge in [-0.2, -0.15) is 10.2 Å². The van der Waals surface area contributed by atoms with Crippen LogP contribution >= 0.6 is 0 Å².